The van der Waals surface area contributed by atoms with Gasteiger partial charge >= 0.3 is 11.8 Å². The maximum atomic E-state index is 11.9. The third-order valence-electron chi connectivity index (χ3n) is 5.06. The molecular formula is C22H27ClN4O2. The van der Waals surface area contributed by atoms with Gasteiger partial charge in [-0.25, -0.2) is 0 Å². The largest absolute Gasteiger partial charge is 0.369 e. The van der Waals surface area contributed by atoms with Crippen molar-refractivity contribution in [2.24, 2.45) is 0 Å². The predicted molar refractivity (Wildman–Crippen MR) is 118 cm³/mol. The summed E-state index contributed by atoms with van der Waals surface area (Å²) in [4.78, 5) is 28.6. The van der Waals surface area contributed by atoms with E-state index in [9.17, 15) is 9.59 Å². The molecule has 6 nitrogen and oxygen atoms in total. The predicted octanol–water partition coefficient (Wildman–Crippen LogP) is 2.78. The first-order chi connectivity index (χ1) is 14.0. The van der Waals surface area contributed by atoms with E-state index >= 15 is 0 Å². The van der Waals surface area contributed by atoms with Crippen molar-refractivity contribution >= 4 is 34.8 Å². The topological polar surface area (TPSA) is 64.7 Å². The van der Waals surface area contributed by atoms with Gasteiger partial charge < -0.3 is 20.4 Å². The molecule has 3 rings (SSSR count). The molecule has 0 bridgehead atoms. The van der Waals surface area contributed by atoms with Gasteiger partial charge in [-0.1, -0.05) is 35.9 Å². The SMILES string of the molecule is CN1CCN(c2ccc(CCCNC(=O)C(=O)Nc3ccccc3Cl)cc2)CC1. The van der Waals surface area contributed by atoms with Crippen LogP contribution >= 0.6 is 11.6 Å². The summed E-state index contributed by atoms with van der Waals surface area (Å²) in [6, 6.07) is 15.4. The lowest BCUT2D eigenvalue weighted by Crippen LogP contribution is -2.44. The molecule has 0 radical (unpaired) electrons. The second-order valence-electron chi connectivity index (χ2n) is 7.25. The first-order valence-electron chi connectivity index (χ1n) is 9.89. The van der Waals surface area contributed by atoms with Gasteiger partial charge in [-0.3, -0.25) is 9.59 Å². The zero-order chi connectivity index (χ0) is 20.6. The molecule has 1 saturated heterocycles. The van der Waals surface area contributed by atoms with Crippen LogP contribution < -0.4 is 15.5 Å². The molecule has 2 amide bonds. The van der Waals surface area contributed by atoms with Gasteiger partial charge in [0.25, 0.3) is 0 Å². The quantitative estimate of drug-likeness (QED) is 0.563. The molecule has 0 unspecified atom stereocenters. The number of aryl methyl sites for hydroxylation is 1. The maximum absolute atomic E-state index is 11.9. The number of hydrogen-bond donors (Lipinski definition) is 2. The van der Waals surface area contributed by atoms with Gasteiger partial charge in [0.05, 0.1) is 10.7 Å². The number of amides is 2. The van der Waals surface area contributed by atoms with E-state index in [2.05, 4.69) is 51.7 Å². The number of likely N-dealkylation sites (N-methyl/N-ethyl adjacent to an activating group) is 1. The molecular weight excluding hydrogens is 388 g/mol. The summed E-state index contributed by atoms with van der Waals surface area (Å²) in [5, 5.41) is 5.57. The van der Waals surface area contributed by atoms with Gasteiger partial charge in [0.1, 0.15) is 0 Å². The number of halogens is 1. The first-order valence-corrected chi connectivity index (χ1v) is 10.3. The van der Waals surface area contributed by atoms with E-state index in [-0.39, 0.29) is 0 Å². The van der Waals surface area contributed by atoms with E-state index in [1.54, 1.807) is 24.3 Å². The molecule has 1 heterocycles. The fourth-order valence-corrected chi connectivity index (χ4v) is 3.44. The second kappa shape index (κ2) is 10.3. The number of rotatable bonds is 6. The van der Waals surface area contributed by atoms with Crippen molar-refractivity contribution in [2.45, 2.75) is 12.8 Å². The molecule has 0 spiro atoms. The summed E-state index contributed by atoms with van der Waals surface area (Å²) in [6.07, 6.45) is 1.61. The lowest BCUT2D eigenvalue weighted by Gasteiger charge is -2.34. The molecule has 0 saturated carbocycles. The van der Waals surface area contributed by atoms with Crippen molar-refractivity contribution in [1.29, 1.82) is 0 Å². The Bertz CT molecular complexity index is 833. The number of nitrogens with zero attached hydrogens (tertiary/aromatic N) is 2. The van der Waals surface area contributed by atoms with Gasteiger partial charge in [-0.15, -0.1) is 0 Å². The minimum atomic E-state index is -0.713. The molecule has 1 aliphatic heterocycles. The average molecular weight is 415 g/mol. The van der Waals surface area contributed by atoms with Gasteiger partial charge in [0.2, 0.25) is 0 Å². The van der Waals surface area contributed by atoms with Crippen LogP contribution in [0.5, 0.6) is 0 Å². The molecule has 1 aliphatic rings. The molecule has 2 N–H and O–H groups in total. The zero-order valence-corrected chi connectivity index (χ0v) is 17.4. The van der Waals surface area contributed by atoms with Crippen LogP contribution in [0.25, 0.3) is 0 Å². The number of hydrogen-bond acceptors (Lipinski definition) is 4. The Balaban J connectivity index is 1.38. The van der Waals surface area contributed by atoms with E-state index in [1.807, 2.05) is 0 Å². The maximum Gasteiger partial charge on any atom is 0.313 e. The fourth-order valence-electron chi connectivity index (χ4n) is 3.25. The highest BCUT2D eigenvalue weighted by Gasteiger charge is 2.15. The zero-order valence-electron chi connectivity index (χ0n) is 16.7. The normalized spacial score (nSPS) is 14.5. The average Bonchev–Trinajstić information content (AvgIpc) is 2.74. The van der Waals surface area contributed by atoms with E-state index in [0.29, 0.717) is 17.3 Å². The number of anilines is 2. The van der Waals surface area contributed by atoms with Crippen LogP contribution in [-0.2, 0) is 16.0 Å². The molecule has 1 fully saturated rings. The summed E-state index contributed by atoms with van der Waals surface area (Å²) in [7, 11) is 2.15. The summed E-state index contributed by atoms with van der Waals surface area (Å²) in [6.45, 7) is 4.72. The van der Waals surface area contributed by atoms with E-state index in [4.69, 9.17) is 11.6 Å². The van der Waals surface area contributed by atoms with E-state index in [1.165, 1.54) is 11.3 Å². The smallest absolute Gasteiger partial charge is 0.313 e. The van der Waals surface area contributed by atoms with Gasteiger partial charge in [0, 0.05) is 38.4 Å². The molecule has 29 heavy (non-hydrogen) atoms. The Morgan fingerprint density at radius 3 is 2.34 bits per heavy atom. The van der Waals surface area contributed by atoms with Crippen LogP contribution in [0.4, 0.5) is 11.4 Å². The summed E-state index contributed by atoms with van der Waals surface area (Å²) >= 11 is 5.98. The van der Waals surface area contributed by atoms with Crippen molar-refractivity contribution in [3.8, 4) is 0 Å². The summed E-state index contributed by atoms with van der Waals surface area (Å²) in [5.41, 5.74) is 2.90. The highest BCUT2D eigenvalue weighted by molar-refractivity contribution is 6.41. The molecule has 0 atom stereocenters. The highest BCUT2D eigenvalue weighted by Crippen LogP contribution is 2.20. The van der Waals surface area contributed by atoms with Gasteiger partial charge in [-0.2, -0.15) is 0 Å². The minimum Gasteiger partial charge on any atom is -0.369 e. The Labute approximate surface area is 176 Å². The van der Waals surface area contributed by atoms with Crippen LogP contribution in [0.3, 0.4) is 0 Å². The van der Waals surface area contributed by atoms with Crippen LogP contribution in [0, 0.1) is 0 Å². The van der Waals surface area contributed by atoms with Crippen molar-refractivity contribution in [2.75, 3.05) is 50.0 Å². The number of nitrogens with one attached hydrogen (secondary N) is 2. The standard InChI is InChI=1S/C22H27ClN4O2/c1-26-13-15-27(16-14-26)18-10-8-17(9-11-18)5-4-12-24-21(28)22(29)25-20-7-3-2-6-19(20)23/h2-3,6-11H,4-5,12-16H2,1H3,(H,24,28)(H,25,29). The third kappa shape index (κ3) is 6.21. The molecule has 2 aromatic rings. The first kappa shape index (κ1) is 21.1. The van der Waals surface area contributed by atoms with Crippen LogP contribution in [-0.4, -0.2) is 56.5 Å². The number of carbonyl (C=O) groups excluding carboxylic acids is 2. The third-order valence-corrected chi connectivity index (χ3v) is 5.39. The Morgan fingerprint density at radius 2 is 1.66 bits per heavy atom. The minimum absolute atomic E-state index is 0.397. The van der Waals surface area contributed by atoms with Gasteiger partial charge in [0.15, 0.2) is 0 Å². The fraction of sp³-hybridized carbons (Fsp3) is 0.364. The van der Waals surface area contributed by atoms with E-state index < -0.39 is 11.8 Å². The van der Waals surface area contributed by atoms with E-state index in [0.717, 1.165) is 39.0 Å². The monoisotopic (exact) mass is 414 g/mol. The number of carbonyl (C=O) groups is 2. The Hall–Kier alpha value is -2.57. The van der Waals surface area contributed by atoms with Gasteiger partial charge in [-0.05, 0) is 49.7 Å². The molecule has 0 aliphatic carbocycles. The van der Waals surface area contributed by atoms with Crippen LogP contribution in [0.15, 0.2) is 48.5 Å². The number of benzene rings is 2. The second-order valence-corrected chi connectivity index (χ2v) is 7.66. The number of piperazine rings is 1. The van der Waals surface area contributed by atoms with Crippen molar-refractivity contribution < 1.29 is 9.59 Å². The highest BCUT2D eigenvalue weighted by atomic mass is 35.5. The van der Waals surface area contributed by atoms with Crippen LogP contribution in [0.1, 0.15) is 12.0 Å². The van der Waals surface area contributed by atoms with Crippen molar-refractivity contribution in [1.82, 2.24) is 10.2 Å². The number of para-hydroxylation sites is 1. The molecule has 7 heteroatoms. The molecule has 154 valence electrons. The molecule has 2 aromatic carbocycles. The lowest BCUT2D eigenvalue weighted by molar-refractivity contribution is -0.136. The summed E-state index contributed by atoms with van der Waals surface area (Å²) in [5.74, 6) is -1.37. The Kier molecular flexibility index (Phi) is 7.49. The Morgan fingerprint density at radius 1 is 0.966 bits per heavy atom. The van der Waals surface area contributed by atoms with Crippen LogP contribution in [0.2, 0.25) is 5.02 Å². The lowest BCUT2D eigenvalue weighted by atomic mass is 10.1. The molecule has 0 aromatic heterocycles. The summed E-state index contributed by atoms with van der Waals surface area (Å²) < 4.78 is 0. The van der Waals surface area contributed by atoms with Crippen molar-refractivity contribution in [3.05, 3.63) is 59.1 Å². The van der Waals surface area contributed by atoms with Crippen molar-refractivity contribution in [3.63, 3.8) is 0 Å².